The Kier molecular flexibility index (Phi) is 28.5. The van der Waals surface area contributed by atoms with Crippen molar-refractivity contribution in [2.75, 3.05) is 20.8 Å². The molecule has 0 aromatic heterocycles. The van der Waals surface area contributed by atoms with Crippen LogP contribution < -0.4 is 21.7 Å². The van der Waals surface area contributed by atoms with Gasteiger partial charge in [-0.1, -0.05) is 136 Å². The van der Waals surface area contributed by atoms with E-state index >= 15 is 0 Å². The van der Waals surface area contributed by atoms with Crippen molar-refractivity contribution >= 4 is 42.0 Å². The highest BCUT2D eigenvalue weighted by Gasteiger charge is 2.29. The van der Waals surface area contributed by atoms with Gasteiger partial charge in [0, 0.05) is 20.7 Å². The second-order valence-corrected chi connectivity index (χ2v) is 18.0. The molecule has 0 bridgehead atoms. The molecule has 346 valence electrons. The zero-order chi connectivity index (χ0) is 47.4. The monoisotopic (exact) mass is 861 g/mol. The highest BCUT2D eigenvalue weighted by atomic mass is 16.5. The molecule has 15 heteroatoms. The predicted octanol–water partition coefficient (Wildman–Crippen LogP) is 5.75. The molecule has 61 heavy (non-hydrogen) atoms. The molecule has 0 saturated heterocycles. The van der Waals surface area contributed by atoms with Gasteiger partial charge in [0.05, 0.1) is 39.1 Å². The number of carbonyl (C=O) groups excluding carboxylic acids is 5. The van der Waals surface area contributed by atoms with Gasteiger partial charge in [0.1, 0.15) is 18.4 Å². The van der Waals surface area contributed by atoms with Gasteiger partial charge in [0.15, 0.2) is 0 Å². The van der Waals surface area contributed by atoms with Crippen LogP contribution in [0.3, 0.4) is 0 Å². The van der Waals surface area contributed by atoms with Gasteiger partial charge in [-0.2, -0.15) is 0 Å². The zero-order valence-electron chi connectivity index (χ0n) is 38.5. The highest BCUT2D eigenvalue weighted by molar-refractivity contribution is 5.90. The lowest BCUT2D eigenvalue weighted by molar-refractivity contribution is -0.146. The first kappa shape index (κ1) is 57.9. The molecule has 0 aliphatic carbocycles. The molecule has 15 nitrogen and oxygen atoms in total. The zero-order valence-corrected chi connectivity index (χ0v) is 38.5. The van der Waals surface area contributed by atoms with Crippen LogP contribution in [0.5, 0.6) is 0 Å². The lowest BCUT2D eigenvalue weighted by Gasteiger charge is -2.23. The number of ether oxygens (including phenoxy) is 2. The van der Waals surface area contributed by atoms with Crippen molar-refractivity contribution in [3.8, 4) is 0 Å². The molecule has 0 unspecified atom stereocenters. The van der Waals surface area contributed by atoms with E-state index in [0.29, 0.717) is 18.4 Å². The molecule has 0 spiro atoms. The lowest BCUT2D eigenvalue weighted by atomic mass is 9.92. The fraction of sp³-hybridized carbons (Fsp3) is 0.587. The minimum atomic E-state index is -1.22. The van der Waals surface area contributed by atoms with Gasteiger partial charge in [0.2, 0.25) is 11.8 Å². The van der Waals surface area contributed by atoms with Crippen LogP contribution in [0.1, 0.15) is 114 Å². The summed E-state index contributed by atoms with van der Waals surface area (Å²) in [7, 11) is 2.46. The number of benzene rings is 2. The fourth-order valence-electron chi connectivity index (χ4n) is 4.51. The first-order valence-electron chi connectivity index (χ1n) is 20.4. The summed E-state index contributed by atoms with van der Waals surface area (Å²) in [6.07, 6.45) is 3.29. The molecule has 4 atom stereocenters. The Labute approximate surface area is 364 Å². The number of carbonyl (C=O) groups is 7. The number of rotatable bonds is 18. The average molecular weight is 861 g/mol. The number of carboxylic acid groups (broad SMARTS) is 2. The second kappa shape index (κ2) is 30.0. The average Bonchev–Trinajstić information content (AvgIpc) is 3.16. The quantitative estimate of drug-likeness (QED) is 0.0774. The number of methoxy groups -OCH3 is 2. The molecule has 2 aromatic carbocycles. The molecule has 0 radical (unpaired) electrons. The van der Waals surface area contributed by atoms with E-state index in [0.717, 1.165) is 23.8 Å². The van der Waals surface area contributed by atoms with Gasteiger partial charge >= 0.3 is 23.9 Å². The van der Waals surface area contributed by atoms with Crippen molar-refractivity contribution < 1.29 is 54.7 Å². The summed E-state index contributed by atoms with van der Waals surface area (Å²) in [6, 6.07) is 14.3. The van der Waals surface area contributed by atoms with Crippen LogP contribution in [-0.4, -0.2) is 97.1 Å². The standard InChI is InChI=1S/C20H30N2O5.C14H18N2O5.C6H12O.C6H14.H2/c1-20(2,3)10-11-21-15(13-17(23)24)18(25)22-16(19(26)27-4)12-14-8-6-5-7-9-14;1-21-14(20)11(7-9-5-3-2-4-6-9)16-13(19)10(15)8-12(17)18;1-6(2,3)4-5-7;1-5-6(2,3)4;/h5-9,15-16,21H,10-13H2,1-4H3,(H,22,25)(H,23,24);2-6,10-11H,7-8,15H2,1H3,(H,16,19)(H,17,18);5H,4H2,1-3H3;5H2,1-4H3;1H/t15-,16-;10-,11-;;;/m00.../s1. The number of esters is 2. The molecule has 0 aliphatic rings. The van der Waals surface area contributed by atoms with Crippen molar-refractivity contribution in [1.82, 2.24) is 16.0 Å². The van der Waals surface area contributed by atoms with E-state index in [1.807, 2.05) is 69.3 Å². The number of amides is 2. The number of nitrogens with one attached hydrogen (secondary N) is 3. The van der Waals surface area contributed by atoms with E-state index in [1.165, 1.54) is 20.6 Å². The Balaban J connectivity index is -0.000000874. The summed E-state index contributed by atoms with van der Waals surface area (Å²) in [6.45, 7) is 21.8. The summed E-state index contributed by atoms with van der Waals surface area (Å²) in [5.74, 6) is -4.70. The Hall–Kier alpha value is -5.15. The fourth-order valence-corrected chi connectivity index (χ4v) is 4.51. The molecular weight excluding hydrogens is 785 g/mol. The number of carboxylic acids is 2. The molecule has 7 N–H and O–H groups in total. The van der Waals surface area contributed by atoms with Crippen molar-refractivity contribution in [2.45, 2.75) is 138 Å². The smallest absolute Gasteiger partial charge is 0.328 e. The summed E-state index contributed by atoms with van der Waals surface area (Å²) in [5.41, 5.74) is 7.93. The lowest BCUT2D eigenvalue weighted by Crippen LogP contribution is -2.52. The molecule has 0 heterocycles. The third-order valence-corrected chi connectivity index (χ3v) is 8.62. The van der Waals surface area contributed by atoms with Crippen molar-refractivity contribution in [3.63, 3.8) is 0 Å². The van der Waals surface area contributed by atoms with Crippen LogP contribution in [-0.2, 0) is 55.9 Å². The highest BCUT2D eigenvalue weighted by Crippen LogP contribution is 2.18. The molecule has 0 aliphatic heterocycles. The van der Waals surface area contributed by atoms with Crippen LogP contribution in [0, 0.1) is 16.2 Å². The topological polar surface area (TPSA) is 241 Å². The normalized spacial score (nSPS) is 12.9. The molecular formula is C46H76N4O11. The van der Waals surface area contributed by atoms with E-state index in [1.54, 1.807) is 12.1 Å². The van der Waals surface area contributed by atoms with Crippen molar-refractivity contribution in [1.29, 1.82) is 0 Å². The van der Waals surface area contributed by atoms with Crippen molar-refractivity contribution in [3.05, 3.63) is 71.8 Å². The van der Waals surface area contributed by atoms with E-state index < -0.39 is 66.3 Å². The number of nitrogens with two attached hydrogens (primary N) is 1. The van der Waals surface area contributed by atoms with E-state index in [2.05, 4.69) is 69.2 Å². The van der Waals surface area contributed by atoms with E-state index in [4.69, 9.17) is 20.7 Å². The third-order valence-electron chi connectivity index (χ3n) is 8.62. The molecule has 2 amide bonds. The van der Waals surface area contributed by atoms with Gasteiger partial charge in [0.25, 0.3) is 0 Å². The van der Waals surface area contributed by atoms with Crippen LogP contribution >= 0.6 is 0 Å². The van der Waals surface area contributed by atoms with Crippen LogP contribution in [0.15, 0.2) is 60.7 Å². The minimum absolute atomic E-state index is 0. The minimum Gasteiger partial charge on any atom is -0.481 e. The maximum absolute atomic E-state index is 12.6. The number of hydrogen-bond acceptors (Lipinski definition) is 11. The molecule has 2 rings (SSSR count). The third kappa shape index (κ3) is 32.3. The van der Waals surface area contributed by atoms with Gasteiger partial charge in [-0.25, -0.2) is 9.59 Å². The van der Waals surface area contributed by atoms with E-state index in [9.17, 15) is 33.6 Å². The number of aliphatic carboxylic acids is 2. The summed E-state index contributed by atoms with van der Waals surface area (Å²) in [5, 5.41) is 25.7. The Bertz CT molecular complexity index is 1610. The number of hydrogen-bond donors (Lipinski definition) is 6. The Morgan fingerprint density at radius 1 is 0.656 bits per heavy atom. The SMILES string of the molecule is CC(C)(C)CC=O.CCC(C)(C)C.COC(=O)[C@H](Cc1ccccc1)NC(=O)[C@@H](N)CC(=O)O.COC(=O)[C@H](Cc1ccccc1)NC(=O)[C@H](CC(=O)O)NCCC(C)(C)C.[HH]. The molecule has 0 fully saturated rings. The number of aldehydes is 1. The van der Waals surface area contributed by atoms with Crippen molar-refractivity contribution in [2.24, 2.45) is 22.0 Å². The van der Waals surface area contributed by atoms with Crippen LogP contribution in [0.2, 0.25) is 0 Å². The Morgan fingerprint density at radius 3 is 1.34 bits per heavy atom. The maximum atomic E-state index is 12.6. The van der Waals surface area contributed by atoms with Crippen LogP contribution in [0.25, 0.3) is 0 Å². The van der Waals surface area contributed by atoms with Gasteiger partial charge in [-0.05, 0) is 40.3 Å². The summed E-state index contributed by atoms with van der Waals surface area (Å²) in [4.78, 5) is 79.7. The summed E-state index contributed by atoms with van der Waals surface area (Å²) < 4.78 is 9.42. The molecule has 2 aromatic rings. The van der Waals surface area contributed by atoms with Gasteiger partial charge in [-0.3, -0.25) is 19.2 Å². The second-order valence-electron chi connectivity index (χ2n) is 18.0. The summed E-state index contributed by atoms with van der Waals surface area (Å²) >= 11 is 0. The maximum Gasteiger partial charge on any atom is 0.328 e. The first-order chi connectivity index (χ1) is 28.2. The Morgan fingerprint density at radius 2 is 1.05 bits per heavy atom. The van der Waals surface area contributed by atoms with Gasteiger partial charge in [-0.15, -0.1) is 0 Å². The molecule has 0 saturated carbocycles. The largest absolute Gasteiger partial charge is 0.481 e. The predicted molar refractivity (Wildman–Crippen MR) is 239 cm³/mol. The van der Waals surface area contributed by atoms with E-state index in [-0.39, 0.29) is 31.5 Å². The van der Waals surface area contributed by atoms with Crippen LogP contribution in [0.4, 0.5) is 0 Å². The first-order valence-corrected chi connectivity index (χ1v) is 20.4. The van der Waals surface area contributed by atoms with Gasteiger partial charge < -0.3 is 46.2 Å².